The number of nitrogens with zero attached hydrogens (tertiary/aromatic N) is 2. The Kier molecular flexibility index (Phi) is 9.16. The van der Waals surface area contributed by atoms with E-state index in [-0.39, 0.29) is 5.91 Å². The van der Waals surface area contributed by atoms with Crippen molar-refractivity contribution in [1.82, 2.24) is 15.2 Å². The summed E-state index contributed by atoms with van der Waals surface area (Å²) in [5, 5.41) is 15.1. The summed E-state index contributed by atoms with van der Waals surface area (Å²) < 4.78 is 0. The van der Waals surface area contributed by atoms with Crippen LogP contribution in [0.5, 0.6) is 0 Å². The molecule has 1 aliphatic heterocycles. The quantitative estimate of drug-likeness (QED) is 0.392. The number of aryl methyl sites for hydroxylation is 2. The lowest BCUT2D eigenvalue weighted by Crippen LogP contribution is -2.39. The lowest BCUT2D eigenvalue weighted by molar-refractivity contribution is -0.138. The van der Waals surface area contributed by atoms with Gasteiger partial charge in [-0.1, -0.05) is 6.07 Å². The number of carbonyl (C=O) groups is 2. The summed E-state index contributed by atoms with van der Waals surface area (Å²) >= 11 is 0. The van der Waals surface area contributed by atoms with Crippen LogP contribution in [0.4, 0.5) is 5.82 Å². The zero-order valence-electron chi connectivity index (χ0n) is 16.7. The number of fused-ring (bicyclic) bond motifs is 1. The Morgan fingerprint density at radius 1 is 1.32 bits per heavy atom. The molecule has 2 heterocycles. The van der Waals surface area contributed by atoms with Crippen molar-refractivity contribution in [2.24, 2.45) is 5.73 Å². The van der Waals surface area contributed by atoms with E-state index in [0.29, 0.717) is 26.1 Å². The molecule has 5 N–H and O–H groups in total. The Morgan fingerprint density at radius 3 is 2.89 bits per heavy atom. The Balaban J connectivity index is 1.75. The summed E-state index contributed by atoms with van der Waals surface area (Å²) in [6.45, 7) is 5.17. The third-order valence-electron chi connectivity index (χ3n) is 4.98. The van der Waals surface area contributed by atoms with E-state index in [0.717, 1.165) is 56.7 Å². The highest BCUT2D eigenvalue weighted by Crippen LogP contribution is 2.20. The van der Waals surface area contributed by atoms with Crippen LogP contribution >= 0.6 is 0 Å². The van der Waals surface area contributed by atoms with Gasteiger partial charge in [0.2, 0.25) is 5.91 Å². The van der Waals surface area contributed by atoms with Crippen molar-refractivity contribution in [3.63, 3.8) is 0 Å². The van der Waals surface area contributed by atoms with Crippen LogP contribution < -0.4 is 16.4 Å². The van der Waals surface area contributed by atoms with Crippen molar-refractivity contribution in [2.75, 3.05) is 38.0 Å². The molecule has 0 aromatic carbocycles. The highest BCUT2D eigenvalue weighted by molar-refractivity contribution is 5.73. The number of nitrogens with one attached hydrogen (secondary N) is 2. The molecule has 156 valence electrons. The third-order valence-corrected chi connectivity index (χ3v) is 4.98. The molecule has 2 rings (SSSR count). The van der Waals surface area contributed by atoms with E-state index >= 15 is 0 Å². The first-order chi connectivity index (χ1) is 13.5. The lowest BCUT2D eigenvalue weighted by Gasteiger charge is -2.23. The minimum absolute atomic E-state index is 0.0609. The summed E-state index contributed by atoms with van der Waals surface area (Å²) in [7, 11) is 0. The summed E-state index contributed by atoms with van der Waals surface area (Å²) in [6.07, 6.45) is 5.56. The second-order valence-corrected chi connectivity index (χ2v) is 7.36. The number of hydrogen-bond donors (Lipinski definition) is 4. The number of carboxylic acid groups (broad SMARTS) is 1. The lowest BCUT2D eigenvalue weighted by atomic mass is 10.1. The highest BCUT2D eigenvalue weighted by atomic mass is 16.4. The fraction of sp³-hybridized carbons (Fsp3) is 0.650. The number of carboxylic acids is 1. The molecule has 0 spiro atoms. The summed E-state index contributed by atoms with van der Waals surface area (Å²) in [6, 6.07) is 3.44. The van der Waals surface area contributed by atoms with Crippen LogP contribution in [-0.2, 0) is 22.4 Å². The molecule has 1 aromatic rings. The fourth-order valence-corrected chi connectivity index (χ4v) is 3.32. The minimum Gasteiger partial charge on any atom is -0.480 e. The summed E-state index contributed by atoms with van der Waals surface area (Å²) in [5.41, 5.74) is 8.02. The van der Waals surface area contributed by atoms with E-state index in [9.17, 15) is 9.59 Å². The first-order valence-corrected chi connectivity index (χ1v) is 10.1. The van der Waals surface area contributed by atoms with Gasteiger partial charge in [0.25, 0.3) is 0 Å². The van der Waals surface area contributed by atoms with E-state index in [1.165, 1.54) is 12.5 Å². The van der Waals surface area contributed by atoms with Gasteiger partial charge in [0, 0.05) is 38.8 Å². The minimum atomic E-state index is -0.978. The molecule has 8 nitrogen and oxygen atoms in total. The van der Waals surface area contributed by atoms with Crippen molar-refractivity contribution in [2.45, 2.75) is 51.5 Å². The van der Waals surface area contributed by atoms with Gasteiger partial charge >= 0.3 is 5.97 Å². The van der Waals surface area contributed by atoms with Crippen LogP contribution in [0.25, 0.3) is 0 Å². The molecule has 0 fully saturated rings. The Hall–Kier alpha value is -2.19. The van der Waals surface area contributed by atoms with Crippen LogP contribution in [0.3, 0.4) is 0 Å². The van der Waals surface area contributed by atoms with E-state index in [1.807, 2.05) is 0 Å². The van der Waals surface area contributed by atoms with Crippen molar-refractivity contribution in [1.29, 1.82) is 0 Å². The Bertz CT molecular complexity index is 653. The van der Waals surface area contributed by atoms with E-state index in [2.05, 4.69) is 27.7 Å². The largest absolute Gasteiger partial charge is 0.480 e. The number of aliphatic carboxylic acids is 1. The molecule has 0 aliphatic carbocycles. The monoisotopic (exact) mass is 391 g/mol. The molecule has 1 amide bonds. The normalized spacial score (nSPS) is 14.2. The molecule has 8 heteroatoms. The maximum atomic E-state index is 11.1. The average molecular weight is 392 g/mol. The van der Waals surface area contributed by atoms with Gasteiger partial charge in [-0.05, 0) is 56.7 Å². The molecule has 1 aromatic heterocycles. The van der Waals surface area contributed by atoms with Crippen LogP contribution in [0.15, 0.2) is 12.1 Å². The van der Waals surface area contributed by atoms with Crippen LogP contribution in [0.2, 0.25) is 0 Å². The molecule has 0 radical (unpaired) electrons. The first-order valence-electron chi connectivity index (χ1n) is 10.1. The number of aromatic nitrogens is 1. The second kappa shape index (κ2) is 11.6. The number of unbranched alkanes of at least 4 members (excludes halogenated alkanes) is 1. The van der Waals surface area contributed by atoms with Crippen molar-refractivity contribution >= 4 is 17.7 Å². The van der Waals surface area contributed by atoms with Crippen molar-refractivity contribution in [3.8, 4) is 0 Å². The first kappa shape index (κ1) is 22.1. The van der Waals surface area contributed by atoms with Gasteiger partial charge < -0.3 is 26.4 Å². The Labute approximate surface area is 166 Å². The zero-order chi connectivity index (χ0) is 20.4. The number of nitrogens with two attached hydrogens (primary N) is 1. The van der Waals surface area contributed by atoms with Crippen LogP contribution in [-0.4, -0.2) is 65.6 Å². The number of amides is 1. The van der Waals surface area contributed by atoms with Crippen molar-refractivity contribution < 1.29 is 14.7 Å². The van der Waals surface area contributed by atoms with Gasteiger partial charge in [-0.3, -0.25) is 9.59 Å². The van der Waals surface area contributed by atoms with Gasteiger partial charge in [0.1, 0.15) is 11.9 Å². The topological polar surface area (TPSA) is 121 Å². The molecular formula is C20H33N5O3. The van der Waals surface area contributed by atoms with E-state index in [1.54, 1.807) is 0 Å². The summed E-state index contributed by atoms with van der Waals surface area (Å²) in [4.78, 5) is 28.9. The summed E-state index contributed by atoms with van der Waals surface area (Å²) in [5.74, 6) is -0.00785. The average Bonchev–Trinajstić information content (AvgIpc) is 2.68. The number of hydrogen-bond acceptors (Lipinski definition) is 6. The van der Waals surface area contributed by atoms with Gasteiger partial charge in [-0.25, -0.2) is 4.98 Å². The van der Waals surface area contributed by atoms with Gasteiger partial charge in [0.15, 0.2) is 0 Å². The maximum absolute atomic E-state index is 11.1. The van der Waals surface area contributed by atoms with Gasteiger partial charge in [-0.2, -0.15) is 0 Å². The molecule has 1 atom stereocenters. The third kappa shape index (κ3) is 7.82. The molecule has 1 unspecified atom stereocenters. The predicted molar refractivity (Wildman–Crippen MR) is 109 cm³/mol. The smallest absolute Gasteiger partial charge is 0.320 e. The maximum Gasteiger partial charge on any atom is 0.320 e. The van der Waals surface area contributed by atoms with Crippen molar-refractivity contribution in [3.05, 3.63) is 23.4 Å². The molecular weight excluding hydrogens is 358 g/mol. The zero-order valence-corrected chi connectivity index (χ0v) is 16.7. The predicted octanol–water partition coefficient (Wildman–Crippen LogP) is 1.00. The molecule has 0 saturated carbocycles. The molecule has 0 saturated heterocycles. The Morgan fingerprint density at radius 2 is 2.14 bits per heavy atom. The van der Waals surface area contributed by atoms with Crippen LogP contribution in [0, 0.1) is 0 Å². The standard InChI is InChI=1S/C20H33N5O3/c1-15(26)22-11-14-25(13-9-18(21)20(27)28)12-3-2-6-17-8-7-16-5-4-10-23-19(16)24-17/h7-8,18H,2-6,9-14,21H2,1H3,(H,22,26)(H,23,24)(H,27,28). The van der Waals surface area contributed by atoms with E-state index in [4.69, 9.17) is 15.8 Å². The SMILES string of the molecule is CC(=O)NCCN(CCCCc1ccc2c(n1)NCCC2)CCC(N)C(=O)O. The number of pyridine rings is 1. The number of carbonyl (C=O) groups excluding carboxylic acids is 1. The molecule has 28 heavy (non-hydrogen) atoms. The van der Waals surface area contributed by atoms with Gasteiger partial charge in [-0.15, -0.1) is 0 Å². The fourth-order valence-electron chi connectivity index (χ4n) is 3.32. The molecule has 0 bridgehead atoms. The number of anilines is 1. The van der Waals surface area contributed by atoms with Crippen LogP contribution in [0.1, 0.15) is 43.9 Å². The van der Waals surface area contributed by atoms with Gasteiger partial charge in [0.05, 0.1) is 0 Å². The molecule has 1 aliphatic rings. The highest BCUT2D eigenvalue weighted by Gasteiger charge is 2.14. The van der Waals surface area contributed by atoms with E-state index < -0.39 is 12.0 Å². The second-order valence-electron chi connectivity index (χ2n) is 7.36. The number of rotatable bonds is 12.